The van der Waals surface area contributed by atoms with Crippen molar-refractivity contribution in [2.45, 2.75) is 34.6 Å². The minimum atomic E-state index is 0. The Morgan fingerprint density at radius 1 is 0.471 bits per heavy atom. The molecule has 0 saturated carbocycles. The number of aliphatic hydroxyl groups is 5. The third-order valence-electron chi connectivity index (χ3n) is 0. The van der Waals surface area contributed by atoms with Crippen LogP contribution in [0.15, 0.2) is 0 Å². The van der Waals surface area contributed by atoms with E-state index in [1.54, 1.807) is 34.6 Å². The van der Waals surface area contributed by atoms with Crippen molar-refractivity contribution in [3.05, 3.63) is 0 Å². The number of hydrogen-bond donors (Lipinski definition) is 5. The van der Waals surface area contributed by atoms with Crippen LogP contribution in [0.3, 0.4) is 0 Å². The van der Waals surface area contributed by atoms with Crippen molar-refractivity contribution in [1.82, 2.24) is 0 Å². The summed E-state index contributed by atoms with van der Waals surface area (Å²) in [6.07, 6.45) is 0. The predicted octanol–water partition coefficient (Wildman–Crippen LogP) is -0.390. The van der Waals surface area contributed by atoms with Gasteiger partial charge in [0.2, 0.25) is 0 Å². The summed E-state index contributed by atoms with van der Waals surface area (Å²) in [5.74, 6) is 0. The molecule has 0 bridgehead atoms. The third kappa shape index (κ3) is 1130. The van der Waals surface area contributed by atoms with E-state index < -0.39 is 0 Å². The first-order valence-electron chi connectivity index (χ1n) is 5.12. The SMILES string of the molecule is CCO.CCO.CCO.CCO.CCO.[Sr].[Ta]. The third-order valence-corrected chi connectivity index (χ3v) is 0. The maximum absolute atomic E-state index is 7.57. The van der Waals surface area contributed by atoms with Gasteiger partial charge < -0.3 is 25.5 Å². The summed E-state index contributed by atoms with van der Waals surface area (Å²) in [6.45, 7) is 9.65. The second-order valence-electron chi connectivity index (χ2n) is 1.58. The summed E-state index contributed by atoms with van der Waals surface area (Å²) in [5.41, 5.74) is 0. The zero-order chi connectivity index (χ0) is 13.5. The molecule has 5 N–H and O–H groups in total. The monoisotopic (exact) mass is 499 g/mol. The van der Waals surface area contributed by atoms with Crippen LogP contribution in [-0.4, -0.2) is 104 Å². The minimum absolute atomic E-state index is 0. The van der Waals surface area contributed by atoms with Gasteiger partial charge in [-0.05, 0) is 34.6 Å². The Balaban J connectivity index is -0.0000000143. The second-order valence-corrected chi connectivity index (χ2v) is 1.58. The molecule has 0 unspecified atom stereocenters. The van der Waals surface area contributed by atoms with E-state index in [-0.39, 0.29) is 101 Å². The van der Waals surface area contributed by atoms with Gasteiger partial charge in [0.05, 0.1) is 0 Å². The van der Waals surface area contributed by atoms with Gasteiger partial charge in [-0.3, -0.25) is 0 Å². The van der Waals surface area contributed by atoms with Crippen LogP contribution in [-0.2, 0) is 22.4 Å². The van der Waals surface area contributed by atoms with E-state index in [1.165, 1.54) is 0 Å². The Morgan fingerprint density at radius 3 is 0.471 bits per heavy atom. The predicted molar refractivity (Wildman–Crippen MR) is 69.6 cm³/mol. The van der Waals surface area contributed by atoms with Crippen LogP contribution in [0.4, 0.5) is 0 Å². The summed E-state index contributed by atoms with van der Waals surface area (Å²) in [5, 5.41) is 37.8. The van der Waals surface area contributed by atoms with E-state index >= 15 is 0 Å². The second kappa shape index (κ2) is 106. The molecule has 0 aliphatic heterocycles. The van der Waals surface area contributed by atoms with Crippen molar-refractivity contribution >= 4 is 45.5 Å². The Morgan fingerprint density at radius 2 is 0.471 bits per heavy atom. The number of aliphatic hydroxyl groups excluding tert-OH is 5. The topological polar surface area (TPSA) is 101 Å². The standard InChI is InChI=1S/5C2H6O.Sr.Ta/c5*1-2-3;;/h5*3H,2H2,1H3;;. The summed E-state index contributed by atoms with van der Waals surface area (Å²) < 4.78 is 0. The van der Waals surface area contributed by atoms with Crippen LogP contribution in [0, 0.1) is 0 Å². The average Bonchev–Trinajstić information content (AvgIpc) is 2.09. The Kier molecular flexibility index (Phi) is 266. The van der Waals surface area contributed by atoms with E-state index in [1.807, 2.05) is 0 Å². The maximum Gasteiger partial charge on any atom is 0.0402 e. The molecule has 0 amide bonds. The first-order chi connectivity index (χ1) is 7.07. The molecule has 0 atom stereocenters. The number of hydrogen-bond acceptors (Lipinski definition) is 5. The summed E-state index contributed by atoms with van der Waals surface area (Å²) in [4.78, 5) is 0. The van der Waals surface area contributed by atoms with Crippen LogP contribution in [0.25, 0.3) is 0 Å². The van der Waals surface area contributed by atoms with Crippen molar-refractivity contribution < 1.29 is 47.9 Å². The Bertz CT molecular complexity index is 36.3. The van der Waals surface area contributed by atoms with E-state index in [0.717, 1.165) is 0 Å². The molecular formula is C10H30O5SrTa. The van der Waals surface area contributed by atoms with Gasteiger partial charge >= 0.3 is 0 Å². The smallest absolute Gasteiger partial charge is 0.0402 e. The Labute approximate surface area is 159 Å². The van der Waals surface area contributed by atoms with E-state index in [2.05, 4.69) is 0 Å². The van der Waals surface area contributed by atoms with Crippen LogP contribution < -0.4 is 0 Å². The first-order valence-corrected chi connectivity index (χ1v) is 5.12. The minimum Gasteiger partial charge on any atom is -0.397 e. The molecule has 0 saturated heterocycles. The molecule has 107 valence electrons. The van der Waals surface area contributed by atoms with Crippen molar-refractivity contribution in [3.8, 4) is 0 Å². The molecule has 5 nitrogen and oxygen atoms in total. The molecule has 0 aromatic carbocycles. The van der Waals surface area contributed by atoms with Gasteiger partial charge in [0, 0.05) is 101 Å². The molecule has 0 heterocycles. The first kappa shape index (κ1) is 42.7. The van der Waals surface area contributed by atoms with Crippen LogP contribution in [0.1, 0.15) is 34.6 Å². The van der Waals surface area contributed by atoms with E-state index in [9.17, 15) is 0 Å². The van der Waals surface area contributed by atoms with Gasteiger partial charge in [0.15, 0.2) is 0 Å². The van der Waals surface area contributed by atoms with Gasteiger partial charge in [-0.1, -0.05) is 0 Å². The van der Waals surface area contributed by atoms with Crippen LogP contribution in [0.5, 0.6) is 0 Å². The normalized spacial score (nSPS) is 5.29. The van der Waals surface area contributed by atoms with Crippen LogP contribution >= 0.6 is 0 Å². The summed E-state index contributed by atoms with van der Waals surface area (Å²) in [7, 11) is 0. The zero-order valence-electron chi connectivity index (χ0n) is 11.9. The molecule has 0 fully saturated rings. The van der Waals surface area contributed by atoms with Crippen molar-refractivity contribution in [2.75, 3.05) is 33.0 Å². The van der Waals surface area contributed by atoms with Gasteiger partial charge in [0.1, 0.15) is 0 Å². The van der Waals surface area contributed by atoms with Gasteiger partial charge in [-0.15, -0.1) is 0 Å². The molecule has 0 rings (SSSR count). The summed E-state index contributed by atoms with van der Waals surface area (Å²) >= 11 is 0. The van der Waals surface area contributed by atoms with E-state index in [0.29, 0.717) is 0 Å². The van der Waals surface area contributed by atoms with Crippen molar-refractivity contribution in [3.63, 3.8) is 0 Å². The van der Waals surface area contributed by atoms with Crippen molar-refractivity contribution in [1.29, 1.82) is 0 Å². The molecule has 17 heavy (non-hydrogen) atoms. The molecule has 0 aliphatic carbocycles. The average molecular weight is 499 g/mol. The fourth-order valence-corrected chi connectivity index (χ4v) is 0. The van der Waals surface area contributed by atoms with E-state index in [4.69, 9.17) is 25.5 Å². The van der Waals surface area contributed by atoms with Gasteiger partial charge in [-0.2, -0.15) is 0 Å². The molecule has 0 spiro atoms. The molecule has 0 aromatic rings. The maximum atomic E-state index is 7.57. The Hall–Kier alpha value is 2.02. The van der Waals surface area contributed by atoms with Crippen LogP contribution in [0.2, 0.25) is 0 Å². The molecule has 0 aliphatic rings. The largest absolute Gasteiger partial charge is 0.397 e. The summed E-state index contributed by atoms with van der Waals surface area (Å²) in [6, 6.07) is 0. The zero-order valence-corrected chi connectivity index (χ0v) is 18.6. The molecule has 7 heteroatoms. The van der Waals surface area contributed by atoms with Gasteiger partial charge in [0.25, 0.3) is 0 Å². The van der Waals surface area contributed by atoms with Crippen molar-refractivity contribution in [2.24, 2.45) is 0 Å². The quantitative estimate of drug-likeness (QED) is 0.293. The molecule has 0 aromatic heterocycles. The van der Waals surface area contributed by atoms with Gasteiger partial charge in [-0.25, -0.2) is 0 Å². The fraction of sp³-hybridized carbons (Fsp3) is 1.00. The number of rotatable bonds is 0. The molecule has 3 radical (unpaired) electrons. The fourth-order valence-electron chi connectivity index (χ4n) is 0. The molecular weight excluding hydrogens is 469 g/mol.